The van der Waals surface area contributed by atoms with Crippen molar-refractivity contribution >= 4 is 34.2 Å². The molecular weight excluding hydrogens is 722 g/mol. The number of carbonyl (C=O) groups is 2. The second kappa shape index (κ2) is 17.1. The number of aryl methyl sites for hydroxylation is 2. The molecule has 1 saturated heterocycles. The van der Waals surface area contributed by atoms with E-state index in [9.17, 15) is 28.0 Å². The van der Waals surface area contributed by atoms with Crippen LogP contribution in [0.15, 0.2) is 76.3 Å². The lowest BCUT2D eigenvalue weighted by molar-refractivity contribution is -0.108. The summed E-state index contributed by atoms with van der Waals surface area (Å²) in [6, 6.07) is 17.7. The number of likely N-dealkylation sites (tertiary alicyclic amines) is 1. The van der Waals surface area contributed by atoms with E-state index in [1.54, 1.807) is 29.7 Å². The Morgan fingerprint density at radius 3 is 1.96 bits per heavy atom. The SMILES string of the molecule is Cc1cc(=O)n(CC=O)c2cc(F)ccc12.Cc1cc(=O)n(CCN2CCC(N(Cc3ccc4c(c3)OCCO4)C(=O)OC(C)(C)C)CC2)c2cc(F)ccc12. The largest absolute Gasteiger partial charge is 0.486 e. The van der Waals surface area contributed by atoms with Crippen LogP contribution in [0.1, 0.15) is 50.3 Å². The molecule has 1 amide bonds. The number of hydrogen-bond acceptors (Lipinski definition) is 8. The molecule has 0 unspecified atom stereocenters. The average molecular weight is 771 g/mol. The molecule has 296 valence electrons. The summed E-state index contributed by atoms with van der Waals surface area (Å²) in [6.07, 6.45) is 1.85. The first kappa shape index (κ1) is 40.1. The molecule has 0 radical (unpaired) electrons. The summed E-state index contributed by atoms with van der Waals surface area (Å²) in [5.74, 6) is 0.640. The number of pyridine rings is 2. The van der Waals surface area contributed by atoms with Crippen molar-refractivity contribution in [2.75, 3.05) is 32.8 Å². The first-order valence-corrected chi connectivity index (χ1v) is 18.8. The van der Waals surface area contributed by atoms with Crippen molar-refractivity contribution in [1.82, 2.24) is 18.9 Å². The van der Waals surface area contributed by atoms with Crippen LogP contribution in [0.4, 0.5) is 13.6 Å². The van der Waals surface area contributed by atoms with Crippen molar-refractivity contribution in [2.24, 2.45) is 0 Å². The maximum absolute atomic E-state index is 14.0. The average Bonchev–Trinajstić information content (AvgIpc) is 3.15. The van der Waals surface area contributed by atoms with Crippen molar-refractivity contribution in [2.45, 2.75) is 78.7 Å². The molecule has 3 aromatic carbocycles. The Morgan fingerprint density at radius 2 is 1.38 bits per heavy atom. The van der Waals surface area contributed by atoms with Gasteiger partial charge >= 0.3 is 6.09 Å². The van der Waals surface area contributed by atoms with E-state index in [0.29, 0.717) is 55.9 Å². The number of amides is 1. The highest BCUT2D eigenvalue weighted by Crippen LogP contribution is 2.32. The molecule has 5 aromatic rings. The molecule has 0 N–H and O–H groups in total. The van der Waals surface area contributed by atoms with Gasteiger partial charge < -0.3 is 37.9 Å². The Morgan fingerprint density at radius 1 is 0.804 bits per heavy atom. The molecule has 0 aliphatic carbocycles. The van der Waals surface area contributed by atoms with E-state index >= 15 is 0 Å². The van der Waals surface area contributed by atoms with Crippen molar-refractivity contribution in [3.63, 3.8) is 0 Å². The third-order valence-corrected chi connectivity index (χ3v) is 10.0. The topological polar surface area (TPSA) is 112 Å². The maximum atomic E-state index is 14.0. The molecule has 2 aliphatic rings. The second-order valence-corrected chi connectivity index (χ2v) is 15.2. The Hall–Kier alpha value is -5.56. The van der Waals surface area contributed by atoms with Crippen LogP contribution in [0, 0.1) is 25.5 Å². The first-order valence-electron chi connectivity index (χ1n) is 18.8. The third-order valence-electron chi connectivity index (χ3n) is 10.0. The van der Waals surface area contributed by atoms with Gasteiger partial charge in [-0.05, 0) is 113 Å². The summed E-state index contributed by atoms with van der Waals surface area (Å²) >= 11 is 0. The molecule has 4 heterocycles. The minimum atomic E-state index is -0.605. The monoisotopic (exact) mass is 770 g/mol. The maximum Gasteiger partial charge on any atom is 0.410 e. The smallest absolute Gasteiger partial charge is 0.410 e. The summed E-state index contributed by atoms with van der Waals surface area (Å²) in [5, 5.41) is 1.66. The lowest BCUT2D eigenvalue weighted by Gasteiger charge is -2.39. The van der Waals surface area contributed by atoms with Crippen molar-refractivity contribution in [1.29, 1.82) is 0 Å². The highest BCUT2D eigenvalue weighted by Gasteiger charge is 2.32. The van der Waals surface area contributed by atoms with Gasteiger partial charge in [-0.2, -0.15) is 0 Å². The molecule has 0 atom stereocenters. The Kier molecular flexibility index (Phi) is 12.2. The lowest BCUT2D eigenvalue weighted by Crippen LogP contribution is -2.49. The molecule has 0 saturated carbocycles. The molecule has 2 aromatic heterocycles. The Labute approximate surface area is 324 Å². The van der Waals surface area contributed by atoms with Crippen LogP contribution in [0.5, 0.6) is 11.5 Å². The van der Waals surface area contributed by atoms with Crippen molar-refractivity contribution in [3.05, 3.63) is 116 Å². The fraction of sp³-hybridized carbons (Fsp3) is 0.395. The molecule has 0 bridgehead atoms. The summed E-state index contributed by atoms with van der Waals surface area (Å²) in [6.45, 7) is 13.3. The molecule has 7 rings (SSSR count). The van der Waals surface area contributed by atoms with Gasteiger partial charge in [0.2, 0.25) is 0 Å². The van der Waals surface area contributed by atoms with Gasteiger partial charge in [0.05, 0.1) is 17.6 Å². The molecule has 13 heteroatoms. The van der Waals surface area contributed by atoms with Gasteiger partial charge in [-0.3, -0.25) is 9.59 Å². The van der Waals surface area contributed by atoms with Crippen LogP contribution >= 0.6 is 0 Å². The molecule has 1 fully saturated rings. The first-order chi connectivity index (χ1) is 26.7. The number of fused-ring (bicyclic) bond motifs is 3. The lowest BCUT2D eigenvalue weighted by atomic mass is 10.0. The van der Waals surface area contributed by atoms with Gasteiger partial charge in [0.1, 0.15) is 36.7 Å². The zero-order valence-corrected chi connectivity index (χ0v) is 32.5. The molecular formula is C43H48F2N4O7. The summed E-state index contributed by atoms with van der Waals surface area (Å²) in [7, 11) is 0. The number of carbonyl (C=O) groups excluding carboxylic acids is 2. The van der Waals surface area contributed by atoms with Gasteiger partial charge in [0.25, 0.3) is 11.1 Å². The second-order valence-electron chi connectivity index (χ2n) is 15.2. The Bertz CT molecular complexity index is 2360. The van der Waals surface area contributed by atoms with E-state index in [1.807, 2.05) is 50.8 Å². The number of piperidine rings is 1. The highest BCUT2D eigenvalue weighted by molar-refractivity contribution is 5.83. The van der Waals surface area contributed by atoms with Crippen LogP contribution in [-0.2, 0) is 29.2 Å². The van der Waals surface area contributed by atoms with Crippen LogP contribution < -0.4 is 20.6 Å². The highest BCUT2D eigenvalue weighted by atomic mass is 19.1. The molecule has 11 nitrogen and oxygen atoms in total. The van der Waals surface area contributed by atoms with Crippen LogP contribution in [-0.4, -0.2) is 75.8 Å². The van der Waals surface area contributed by atoms with Gasteiger partial charge in [-0.25, -0.2) is 13.6 Å². The quantitative estimate of drug-likeness (QED) is 0.159. The third kappa shape index (κ3) is 9.44. The number of rotatable bonds is 8. The van der Waals surface area contributed by atoms with Crippen LogP contribution in [0.25, 0.3) is 21.8 Å². The van der Waals surface area contributed by atoms with Crippen molar-refractivity contribution < 1.29 is 32.6 Å². The van der Waals surface area contributed by atoms with E-state index in [2.05, 4.69) is 4.90 Å². The van der Waals surface area contributed by atoms with Gasteiger partial charge in [-0.1, -0.05) is 6.07 Å². The summed E-state index contributed by atoms with van der Waals surface area (Å²) in [5.41, 5.74) is 2.64. The van der Waals surface area contributed by atoms with Gasteiger partial charge in [-0.15, -0.1) is 0 Å². The minimum absolute atomic E-state index is 0.0105. The zero-order valence-electron chi connectivity index (χ0n) is 32.5. The number of ether oxygens (including phenoxy) is 3. The zero-order chi connectivity index (χ0) is 40.1. The summed E-state index contributed by atoms with van der Waals surface area (Å²) < 4.78 is 47.2. The standard InChI is InChI=1S/C31H38FN3O5.C12H10FNO2/c1-21-17-29(36)34(26-19-23(32)6-7-25(21)26)14-13-33-11-9-24(10-12-33)35(30(37)40-31(2,3)4)20-22-5-8-27-28(18-22)39-16-15-38-27;1-8-6-12(16)14(4-5-15)11-7-9(13)2-3-10(8)11/h5-8,17-19,24H,9-16,20H2,1-4H3;2-3,5-7H,4H2,1H3. The fourth-order valence-electron chi connectivity index (χ4n) is 7.28. The number of aromatic nitrogens is 2. The van der Waals surface area contributed by atoms with Gasteiger partial charge in [0, 0.05) is 61.7 Å². The van der Waals surface area contributed by atoms with E-state index in [0.717, 1.165) is 59.1 Å². The fourth-order valence-corrected chi connectivity index (χ4v) is 7.28. The van der Waals surface area contributed by atoms with E-state index in [-0.39, 0.29) is 35.6 Å². The number of nitrogens with zero attached hydrogens (tertiary/aromatic N) is 4. The number of benzene rings is 3. The minimum Gasteiger partial charge on any atom is -0.486 e. The van der Waals surface area contributed by atoms with Crippen LogP contribution in [0.2, 0.25) is 0 Å². The predicted octanol–water partition coefficient (Wildman–Crippen LogP) is 6.77. The Balaban J connectivity index is 0.000000277. The van der Waals surface area contributed by atoms with E-state index in [1.165, 1.54) is 34.9 Å². The summed E-state index contributed by atoms with van der Waals surface area (Å²) in [4.78, 5) is 52.4. The number of halogens is 2. The molecule has 2 aliphatic heterocycles. The van der Waals surface area contributed by atoms with E-state index in [4.69, 9.17) is 14.2 Å². The predicted molar refractivity (Wildman–Crippen MR) is 211 cm³/mol. The normalized spacial score (nSPS) is 14.6. The van der Waals surface area contributed by atoms with Crippen molar-refractivity contribution in [3.8, 4) is 11.5 Å². The molecule has 0 spiro atoms. The molecule has 56 heavy (non-hydrogen) atoms. The number of aldehydes is 1. The number of hydrogen-bond donors (Lipinski definition) is 0. The van der Waals surface area contributed by atoms with Gasteiger partial charge in [0.15, 0.2) is 11.5 Å². The van der Waals surface area contributed by atoms with Crippen LogP contribution in [0.3, 0.4) is 0 Å². The van der Waals surface area contributed by atoms with E-state index < -0.39 is 11.4 Å².